The fourth-order valence-corrected chi connectivity index (χ4v) is 3.46. The van der Waals surface area contributed by atoms with E-state index < -0.39 is 10.0 Å². The fourth-order valence-electron chi connectivity index (χ4n) is 1.92. The van der Waals surface area contributed by atoms with Gasteiger partial charge in [-0.15, -0.1) is 0 Å². The molecule has 2 aromatic rings. The van der Waals surface area contributed by atoms with E-state index in [0.29, 0.717) is 6.54 Å². The van der Waals surface area contributed by atoms with Gasteiger partial charge in [0.1, 0.15) is 5.82 Å². The molecule has 0 amide bonds. The molecule has 0 unspecified atom stereocenters. The first-order valence-corrected chi connectivity index (χ1v) is 9.51. The smallest absolute Gasteiger partial charge is 0.240 e. The summed E-state index contributed by atoms with van der Waals surface area (Å²) in [5.41, 5.74) is 0.767. The molecule has 2 N–H and O–H groups in total. The van der Waals surface area contributed by atoms with Gasteiger partial charge in [0.25, 0.3) is 0 Å². The van der Waals surface area contributed by atoms with Gasteiger partial charge in [-0.2, -0.15) is 11.8 Å². The third kappa shape index (κ3) is 4.09. The van der Waals surface area contributed by atoms with Crippen LogP contribution in [0.5, 0.6) is 0 Å². The highest BCUT2D eigenvalue weighted by molar-refractivity contribution is 7.98. The summed E-state index contributed by atoms with van der Waals surface area (Å²) < 4.78 is 27.0. The predicted octanol–water partition coefficient (Wildman–Crippen LogP) is 2.31. The van der Waals surface area contributed by atoms with Crippen molar-refractivity contribution in [3.05, 3.63) is 30.3 Å². The first-order valence-electron chi connectivity index (χ1n) is 6.64. The minimum atomic E-state index is -3.45. The molecule has 0 aliphatic rings. The number of anilines is 1. The number of fused-ring (bicyclic) bond motifs is 1. The molecule has 2 rings (SSSR count). The summed E-state index contributed by atoms with van der Waals surface area (Å²) >= 11 is 1.70. The van der Waals surface area contributed by atoms with E-state index >= 15 is 0 Å². The molecule has 0 spiro atoms. The molecule has 0 saturated heterocycles. The average molecular weight is 325 g/mol. The van der Waals surface area contributed by atoms with Gasteiger partial charge in [-0.05, 0) is 48.8 Å². The van der Waals surface area contributed by atoms with E-state index in [2.05, 4.69) is 15.0 Å². The van der Waals surface area contributed by atoms with E-state index in [0.717, 1.165) is 28.9 Å². The fraction of sp³-hybridized carbons (Fsp3) is 0.357. The van der Waals surface area contributed by atoms with E-state index in [1.54, 1.807) is 37.0 Å². The van der Waals surface area contributed by atoms with Gasteiger partial charge in [0.2, 0.25) is 10.0 Å². The number of nitrogens with zero attached hydrogens (tertiary/aromatic N) is 1. The number of hydrogen-bond acceptors (Lipinski definition) is 5. The second kappa shape index (κ2) is 7.11. The van der Waals surface area contributed by atoms with Crippen molar-refractivity contribution < 1.29 is 8.42 Å². The summed E-state index contributed by atoms with van der Waals surface area (Å²) in [6.45, 7) is 0.457. The molecule has 0 radical (unpaired) electrons. The zero-order valence-corrected chi connectivity index (χ0v) is 13.7. The first-order chi connectivity index (χ1) is 10.1. The van der Waals surface area contributed by atoms with Crippen LogP contribution < -0.4 is 10.0 Å². The summed E-state index contributed by atoms with van der Waals surface area (Å²) in [6.07, 6.45) is 2.82. The number of aromatic nitrogens is 1. The Labute approximate surface area is 129 Å². The second-order valence-electron chi connectivity index (χ2n) is 4.55. The van der Waals surface area contributed by atoms with Crippen molar-refractivity contribution in [2.24, 2.45) is 0 Å². The standard InChI is InChI=1S/C14H19N3O2S2/c1-15-14-7-4-11-10-12(5-6-13(11)17-14)21(18,19)16-8-3-9-20-2/h4-7,10,16H,3,8-9H2,1-2H3,(H,15,17). The van der Waals surface area contributed by atoms with Crippen molar-refractivity contribution >= 4 is 38.5 Å². The van der Waals surface area contributed by atoms with Gasteiger partial charge in [-0.3, -0.25) is 0 Å². The molecule has 1 heterocycles. The number of rotatable bonds is 7. The molecule has 1 aromatic carbocycles. The Balaban J connectivity index is 2.21. The number of pyridine rings is 1. The summed E-state index contributed by atoms with van der Waals surface area (Å²) in [5.74, 6) is 1.70. The summed E-state index contributed by atoms with van der Waals surface area (Å²) in [7, 11) is -1.65. The van der Waals surface area contributed by atoms with Crippen LogP contribution in [0.25, 0.3) is 10.9 Å². The van der Waals surface area contributed by atoms with Crippen LogP contribution >= 0.6 is 11.8 Å². The molecule has 0 atom stereocenters. The molecule has 1 aromatic heterocycles. The van der Waals surface area contributed by atoms with Crippen LogP contribution in [-0.2, 0) is 10.0 Å². The van der Waals surface area contributed by atoms with E-state index in [9.17, 15) is 8.42 Å². The van der Waals surface area contributed by atoms with E-state index in [-0.39, 0.29) is 4.90 Å². The Morgan fingerprint density at radius 3 is 2.76 bits per heavy atom. The zero-order valence-electron chi connectivity index (χ0n) is 12.1. The Bertz CT molecular complexity index is 717. The number of nitrogens with one attached hydrogen (secondary N) is 2. The number of hydrogen-bond donors (Lipinski definition) is 2. The second-order valence-corrected chi connectivity index (χ2v) is 7.30. The third-order valence-corrected chi connectivity index (χ3v) is 5.20. The highest BCUT2D eigenvalue weighted by atomic mass is 32.2. The Kier molecular flexibility index (Phi) is 5.44. The summed E-state index contributed by atoms with van der Waals surface area (Å²) in [5, 5.41) is 3.77. The van der Waals surface area contributed by atoms with Crippen LogP contribution in [0.15, 0.2) is 35.2 Å². The molecule has 0 bridgehead atoms. The molecule has 114 valence electrons. The molecule has 0 aliphatic carbocycles. The largest absolute Gasteiger partial charge is 0.373 e. The van der Waals surface area contributed by atoms with Crippen LogP contribution in [0.3, 0.4) is 0 Å². The van der Waals surface area contributed by atoms with Gasteiger partial charge >= 0.3 is 0 Å². The van der Waals surface area contributed by atoms with E-state index in [1.807, 2.05) is 18.4 Å². The highest BCUT2D eigenvalue weighted by Crippen LogP contribution is 2.19. The average Bonchev–Trinajstić information content (AvgIpc) is 2.50. The molecule has 0 saturated carbocycles. The lowest BCUT2D eigenvalue weighted by Crippen LogP contribution is -2.25. The summed E-state index contributed by atoms with van der Waals surface area (Å²) in [6, 6.07) is 8.66. The Morgan fingerprint density at radius 1 is 1.24 bits per heavy atom. The SMILES string of the molecule is CNc1ccc2cc(S(=O)(=O)NCCCSC)ccc2n1. The lowest BCUT2D eigenvalue weighted by Gasteiger charge is -2.08. The molecular weight excluding hydrogens is 306 g/mol. The minimum absolute atomic E-state index is 0.276. The molecule has 0 fully saturated rings. The van der Waals surface area contributed by atoms with E-state index in [4.69, 9.17) is 0 Å². The van der Waals surface area contributed by atoms with Gasteiger partial charge < -0.3 is 5.32 Å². The Morgan fingerprint density at radius 2 is 2.05 bits per heavy atom. The van der Waals surface area contributed by atoms with Crippen LogP contribution in [0.4, 0.5) is 5.82 Å². The Hall–Kier alpha value is -1.31. The molecule has 21 heavy (non-hydrogen) atoms. The van der Waals surface area contributed by atoms with Gasteiger partial charge in [-0.25, -0.2) is 18.1 Å². The quantitative estimate of drug-likeness (QED) is 0.764. The van der Waals surface area contributed by atoms with Crippen LogP contribution in [0, 0.1) is 0 Å². The van der Waals surface area contributed by atoms with Crippen molar-refractivity contribution in [2.45, 2.75) is 11.3 Å². The van der Waals surface area contributed by atoms with Crippen molar-refractivity contribution in [1.82, 2.24) is 9.71 Å². The van der Waals surface area contributed by atoms with Gasteiger partial charge in [0.15, 0.2) is 0 Å². The molecular formula is C14H19N3O2S2. The topological polar surface area (TPSA) is 71.1 Å². The van der Waals surface area contributed by atoms with Gasteiger partial charge in [0.05, 0.1) is 10.4 Å². The minimum Gasteiger partial charge on any atom is -0.373 e. The zero-order chi connectivity index (χ0) is 15.3. The lowest BCUT2D eigenvalue weighted by molar-refractivity contribution is 0.581. The first kappa shape index (κ1) is 16.1. The van der Waals surface area contributed by atoms with E-state index in [1.165, 1.54) is 0 Å². The third-order valence-electron chi connectivity index (χ3n) is 3.04. The summed E-state index contributed by atoms with van der Waals surface area (Å²) in [4.78, 5) is 4.65. The van der Waals surface area contributed by atoms with Crippen molar-refractivity contribution in [1.29, 1.82) is 0 Å². The van der Waals surface area contributed by atoms with Crippen LogP contribution in [-0.4, -0.2) is 39.0 Å². The normalized spacial score (nSPS) is 11.7. The lowest BCUT2D eigenvalue weighted by atomic mass is 10.2. The molecule has 5 nitrogen and oxygen atoms in total. The monoisotopic (exact) mass is 325 g/mol. The molecule has 7 heteroatoms. The van der Waals surface area contributed by atoms with Crippen molar-refractivity contribution in [2.75, 3.05) is 30.9 Å². The molecule has 0 aliphatic heterocycles. The van der Waals surface area contributed by atoms with Gasteiger partial charge in [0, 0.05) is 19.0 Å². The van der Waals surface area contributed by atoms with Crippen LogP contribution in [0.1, 0.15) is 6.42 Å². The van der Waals surface area contributed by atoms with Crippen LogP contribution in [0.2, 0.25) is 0 Å². The maximum atomic E-state index is 12.2. The number of thioether (sulfide) groups is 1. The highest BCUT2D eigenvalue weighted by Gasteiger charge is 2.13. The number of sulfonamides is 1. The van der Waals surface area contributed by atoms with Crippen molar-refractivity contribution in [3.63, 3.8) is 0 Å². The van der Waals surface area contributed by atoms with Gasteiger partial charge in [-0.1, -0.05) is 0 Å². The predicted molar refractivity (Wildman–Crippen MR) is 89.5 cm³/mol. The number of benzene rings is 1. The maximum absolute atomic E-state index is 12.2. The van der Waals surface area contributed by atoms with Crippen molar-refractivity contribution in [3.8, 4) is 0 Å². The maximum Gasteiger partial charge on any atom is 0.240 e.